The molecule has 0 aromatic rings. The van der Waals surface area contributed by atoms with E-state index in [-0.39, 0.29) is 11.7 Å². The van der Waals surface area contributed by atoms with Gasteiger partial charge in [-0.1, -0.05) is 0 Å². The number of hydrogen-bond acceptors (Lipinski definition) is 2. The maximum Gasteiger partial charge on any atom is 0.306 e. The van der Waals surface area contributed by atoms with Crippen molar-refractivity contribution < 1.29 is 14.7 Å². The van der Waals surface area contributed by atoms with Gasteiger partial charge in [0.25, 0.3) is 0 Å². The second kappa shape index (κ2) is 4.40. The van der Waals surface area contributed by atoms with Gasteiger partial charge < -0.3 is 9.90 Å². The van der Waals surface area contributed by atoms with E-state index in [1.807, 2.05) is 0 Å². The molecule has 74 valence electrons. The molecule has 0 heterocycles. The lowest BCUT2D eigenvalue weighted by Crippen LogP contribution is -2.22. The van der Waals surface area contributed by atoms with E-state index in [4.69, 9.17) is 5.11 Å². The molecule has 0 saturated heterocycles. The number of carboxylic acids is 1. The first-order valence-electron chi connectivity index (χ1n) is 4.82. The maximum absolute atomic E-state index is 10.8. The normalized spacial score (nSPS) is 28.4. The molecule has 0 aromatic carbocycles. The SMILES string of the molecule is CC(=O)C[C@H]1CC[C@H](C(=O)O)CC1. The van der Waals surface area contributed by atoms with Crippen LogP contribution in [0.15, 0.2) is 0 Å². The van der Waals surface area contributed by atoms with Crippen LogP contribution in [-0.4, -0.2) is 16.9 Å². The van der Waals surface area contributed by atoms with Crippen molar-refractivity contribution in [1.29, 1.82) is 0 Å². The Hall–Kier alpha value is -0.860. The Balaban J connectivity index is 2.30. The molecule has 1 rings (SSSR count). The molecule has 1 N–H and O–H groups in total. The Morgan fingerprint density at radius 2 is 1.77 bits per heavy atom. The minimum atomic E-state index is -0.679. The van der Waals surface area contributed by atoms with E-state index >= 15 is 0 Å². The van der Waals surface area contributed by atoms with E-state index < -0.39 is 5.97 Å². The molecule has 0 atom stereocenters. The number of carboxylic acid groups (broad SMARTS) is 1. The fourth-order valence-electron chi connectivity index (χ4n) is 2.02. The van der Waals surface area contributed by atoms with Gasteiger partial charge in [-0.05, 0) is 38.5 Å². The van der Waals surface area contributed by atoms with Crippen LogP contribution in [0.25, 0.3) is 0 Å². The van der Waals surface area contributed by atoms with Crippen molar-refractivity contribution in [2.45, 2.75) is 39.0 Å². The molecule has 1 aliphatic rings. The predicted molar refractivity (Wildman–Crippen MR) is 48.4 cm³/mol. The molecular formula is C10H16O3. The first kappa shape index (κ1) is 10.2. The molecule has 1 saturated carbocycles. The van der Waals surface area contributed by atoms with Crippen LogP contribution in [0.3, 0.4) is 0 Å². The summed E-state index contributed by atoms with van der Waals surface area (Å²) < 4.78 is 0. The van der Waals surface area contributed by atoms with E-state index in [9.17, 15) is 9.59 Å². The van der Waals surface area contributed by atoms with Gasteiger partial charge in [0.15, 0.2) is 0 Å². The fraction of sp³-hybridized carbons (Fsp3) is 0.800. The van der Waals surface area contributed by atoms with E-state index in [1.165, 1.54) is 0 Å². The largest absolute Gasteiger partial charge is 0.481 e. The van der Waals surface area contributed by atoms with Crippen molar-refractivity contribution in [3.8, 4) is 0 Å². The van der Waals surface area contributed by atoms with Crippen LogP contribution in [-0.2, 0) is 9.59 Å². The molecular weight excluding hydrogens is 168 g/mol. The first-order valence-corrected chi connectivity index (χ1v) is 4.82. The van der Waals surface area contributed by atoms with Crippen molar-refractivity contribution in [2.75, 3.05) is 0 Å². The second-order valence-electron chi connectivity index (χ2n) is 3.96. The monoisotopic (exact) mass is 184 g/mol. The third kappa shape index (κ3) is 3.17. The number of hydrogen-bond donors (Lipinski definition) is 1. The average molecular weight is 184 g/mol. The lowest BCUT2D eigenvalue weighted by molar-refractivity contribution is -0.143. The summed E-state index contributed by atoms with van der Waals surface area (Å²) in [5.41, 5.74) is 0. The molecule has 1 aliphatic carbocycles. The standard InChI is InChI=1S/C10H16O3/c1-7(11)6-8-2-4-9(5-3-8)10(12)13/h8-9H,2-6H2,1H3,(H,12,13)/t8-,9-. The smallest absolute Gasteiger partial charge is 0.306 e. The first-order chi connectivity index (χ1) is 6.09. The third-order valence-electron chi connectivity index (χ3n) is 2.77. The highest BCUT2D eigenvalue weighted by molar-refractivity contribution is 5.75. The topological polar surface area (TPSA) is 54.4 Å². The lowest BCUT2D eigenvalue weighted by atomic mass is 9.80. The van der Waals surface area contributed by atoms with Gasteiger partial charge in [-0.2, -0.15) is 0 Å². The average Bonchev–Trinajstić information content (AvgIpc) is 2.04. The van der Waals surface area contributed by atoms with Crippen molar-refractivity contribution >= 4 is 11.8 Å². The van der Waals surface area contributed by atoms with E-state index in [1.54, 1.807) is 6.92 Å². The molecule has 13 heavy (non-hydrogen) atoms. The lowest BCUT2D eigenvalue weighted by Gasteiger charge is -2.25. The van der Waals surface area contributed by atoms with Gasteiger partial charge in [0, 0.05) is 6.42 Å². The number of aliphatic carboxylic acids is 1. The Labute approximate surface area is 78.1 Å². The summed E-state index contributed by atoms with van der Waals surface area (Å²) in [5.74, 6) is -0.184. The minimum absolute atomic E-state index is 0.164. The van der Waals surface area contributed by atoms with Crippen LogP contribution in [0, 0.1) is 11.8 Å². The van der Waals surface area contributed by atoms with Crippen LogP contribution in [0.5, 0.6) is 0 Å². The summed E-state index contributed by atoms with van der Waals surface area (Å²) in [4.78, 5) is 21.4. The summed E-state index contributed by atoms with van der Waals surface area (Å²) in [5, 5.41) is 8.74. The quantitative estimate of drug-likeness (QED) is 0.728. The molecule has 0 aliphatic heterocycles. The number of rotatable bonds is 3. The van der Waals surface area contributed by atoms with E-state index in [0.29, 0.717) is 12.3 Å². The number of ketones is 1. The van der Waals surface area contributed by atoms with Crippen LogP contribution in [0.2, 0.25) is 0 Å². The molecule has 0 unspecified atom stereocenters. The number of carbonyl (C=O) groups is 2. The van der Waals surface area contributed by atoms with Crippen molar-refractivity contribution in [3.63, 3.8) is 0 Å². The van der Waals surface area contributed by atoms with Gasteiger partial charge in [-0.3, -0.25) is 4.79 Å². The Morgan fingerprint density at radius 1 is 1.23 bits per heavy atom. The predicted octanol–water partition coefficient (Wildman–Crippen LogP) is 1.86. The van der Waals surface area contributed by atoms with Gasteiger partial charge in [0.05, 0.1) is 5.92 Å². The minimum Gasteiger partial charge on any atom is -0.481 e. The zero-order valence-corrected chi connectivity index (χ0v) is 7.95. The Morgan fingerprint density at radius 3 is 2.15 bits per heavy atom. The zero-order chi connectivity index (χ0) is 9.84. The van der Waals surface area contributed by atoms with Crippen LogP contribution < -0.4 is 0 Å². The van der Waals surface area contributed by atoms with Crippen molar-refractivity contribution in [3.05, 3.63) is 0 Å². The molecule has 0 aromatic heterocycles. The summed E-state index contributed by atoms with van der Waals surface area (Å²) in [6.07, 6.45) is 3.92. The molecule has 1 fully saturated rings. The summed E-state index contributed by atoms with van der Waals surface area (Å²) in [6.45, 7) is 1.60. The second-order valence-corrected chi connectivity index (χ2v) is 3.96. The van der Waals surface area contributed by atoms with Crippen LogP contribution >= 0.6 is 0 Å². The molecule has 3 nitrogen and oxygen atoms in total. The van der Waals surface area contributed by atoms with Crippen LogP contribution in [0.4, 0.5) is 0 Å². The van der Waals surface area contributed by atoms with Crippen molar-refractivity contribution in [2.24, 2.45) is 11.8 Å². The molecule has 0 spiro atoms. The highest BCUT2D eigenvalue weighted by atomic mass is 16.4. The highest BCUT2D eigenvalue weighted by Crippen LogP contribution is 2.30. The third-order valence-corrected chi connectivity index (χ3v) is 2.77. The molecule has 0 bridgehead atoms. The van der Waals surface area contributed by atoms with Gasteiger partial charge >= 0.3 is 5.97 Å². The van der Waals surface area contributed by atoms with Gasteiger partial charge in [-0.15, -0.1) is 0 Å². The number of carbonyl (C=O) groups excluding carboxylic acids is 1. The van der Waals surface area contributed by atoms with Gasteiger partial charge in [0.2, 0.25) is 0 Å². The molecule has 0 amide bonds. The van der Waals surface area contributed by atoms with Gasteiger partial charge in [0.1, 0.15) is 5.78 Å². The fourth-order valence-corrected chi connectivity index (χ4v) is 2.02. The summed E-state index contributed by atoms with van der Waals surface area (Å²) >= 11 is 0. The Kier molecular flexibility index (Phi) is 3.46. The van der Waals surface area contributed by atoms with E-state index in [2.05, 4.69) is 0 Å². The maximum atomic E-state index is 10.8. The Bertz CT molecular complexity index is 202. The summed E-state index contributed by atoms with van der Waals surface area (Å²) in [6, 6.07) is 0. The number of Topliss-reactive ketones (excluding diaryl/α,β-unsaturated/α-hetero) is 1. The van der Waals surface area contributed by atoms with Crippen molar-refractivity contribution in [1.82, 2.24) is 0 Å². The summed E-state index contributed by atoms with van der Waals surface area (Å²) in [7, 11) is 0. The molecule has 0 radical (unpaired) electrons. The molecule has 3 heteroatoms. The highest BCUT2D eigenvalue weighted by Gasteiger charge is 2.26. The zero-order valence-electron chi connectivity index (χ0n) is 7.95. The van der Waals surface area contributed by atoms with E-state index in [0.717, 1.165) is 25.7 Å². The van der Waals surface area contributed by atoms with Crippen LogP contribution in [0.1, 0.15) is 39.0 Å². The van der Waals surface area contributed by atoms with Gasteiger partial charge in [-0.25, -0.2) is 0 Å².